The summed E-state index contributed by atoms with van der Waals surface area (Å²) in [5.41, 5.74) is 0. The second kappa shape index (κ2) is 5.98. The molecule has 1 aromatic rings. The van der Waals surface area contributed by atoms with Gasteiger partial charge in [-0.25, -0.2) is 0 Å². The maximum atomic E-state index is 10.8. The lowest BCUT2D eigenvalue weighted by Crippen LogP contribution is -2.25. The molecule has 0 amide bonds. The highest BCUT2D eigenvalue weighted by Gasteiger charge is 2.26. The Labute approximate surface area is 113 Å². The van der Waals surface area contributed by atoms with E-state index in [9.17, 15) is 4.79 Å². The van der Waals surface area contributed by atoms with Crippen molar-refractivity contribution in [2.75, 3.05) is 0 Å². The number of carbonyl (C=O) groups is 1. The van der Waals surface area contributed by atoms with Crippen molar-refractivity contribution in [2.24, 2.45) is 5.92 Å². The van der Waals surface area contributed by atoms with E-state index in [4.69, 9.17) is 9.84 Å². The molecule has 0 bridgehead atoms. The zero-order chi connectivity index (χ0) is 12.3. The third kappa shape index (κ3) is 3.53. The first kappa shape index (κ1) is 13.1. The summed E-state index contributed by atoms with van der Waals surface area (Å²) in [6, 6.07) is 2.02. The third-order valence-corrected chi connectivity index (χ3v) is 5.06. The average molecular weight is 319 g/mol. The van der Waals surface area contributed by atoms with Gasteiger partial charge in [-0.15, -0.1) is 11.3 Å². The first-order valence-corrected chi connectivity index (χ1v) is 7.40. The fraction of sp³-hybridized carbons (Fsp3) is 0.583. The average Bonchev–Trinajstić information content (AvgIpc) is 2.73. The molecule has 3 nitrogen and oxygen atoms in total. The molecule has 0 atom stereocenters. The number of hydrogen-bond acceptors (Lipinski definition) is 3. The number of carboxylic acids is 1. The van der Waals surface area contributed by atoms with Crippen molar-refractivity contribution in [3.63, 3.8) is 0 Å². The zero-order valence-corrected chi connectivity index (χ0v) is 11.8. The van der Waals surface area contributed by atoms with Gasteiger partial charge in [0, 0.05) is 9.35 Å². The van der Waals surface area contributed by atoms with E-state index in [2.05, 4.69) is 15.9 Å². The molecule has 1 fully saturated rings. The highest BCUT2D eigenvalue weighted by atomic mass is 79.9. The van der Waals surface area contributed by atoms with Crippen LogP contribution in [0, 0.1) is 5.92 Å². The largest absolute Gasteiger partial charge is 0.481 e. The second-order valence-electron chi connectivity index (χ2n) is 4.31. The standard InChI is InChI=1S/C12H15BrO3S/c13-10-5-6-17-11(10)7-16-9-3-1-8(2-4-9)12(14)15/h5-6,8-9H,1-4,7H2,(H,14,15). The van der Waals surface area contributed by atoms with E-state index in [1.54, 1.807) is 11.3 Å². The zero-order valence-electron chi connectivity index (χ0n) is 9.39. The Bertz CT molecular complexity index is 383. The lowest BCUT2D eigenvalue weighted by Gasteiger charge is -2.26. The number of thiophene rings is 1. The molecule has 0 unspecified atom stereocenters. The summed E-state index contributed by atoms with van der Waals surface area (Å²) < 4.78 is 6.92. The summed E-state index contributed by atoms with van der Waals surface area (Å²) in [7, 11) is 0. The summed E-state index contributed by atoms with van der Waals surface area (Å²) in [6.07, 6.45) is 3.43. The Morgan fingerprint density at radius 1 is 1.47 bits per heavy atom. The molecular formula is C12H15BrO3S. The van der Waals surface area contributed by atoms with Crippen LogP contribution in [0.15, 0.2) is 15.9 Å². The molecule has 1 aliphatic rings. The minimum Gasteiger partial charge on any atom is -0.481 e. The van der Waals surface area contributed by atoms with E-state index in [1.165, 1.54) is 4.88 Å². The van der Waals surface area contributed by atoms with Crippen molar-refractivity contribution >= 4 is 33.2 Å². The lowest BCUT2D eigenvalue weighted by atomic mass is 9.87. The fourth-order valence-electron chi connectivity index (χ4n) is 2.10. The van der Waals surface area contributed by atoms with Crippen LogP contribution in [-0.4, -0.2) is 17.2 Å². The van der Waals surface area contributed by atoms with Gasteiger partial charge in [0.15, 0.2) is 0 Å². The number of ether oxygens (including phenoxy) is 1. The van der Waals surface area contributed by atoms with Crippen LogP contribution in [0.25, 0.3) is 0 Å². The van der Waals surface area contributed by atoms with Gasteiger partial charge < -0.3 is 9.84 Å². The van der Waals surface area contributed by atoms with Crippen LogP contribution < -0.4 is 0 Å². The molecule has 1 heterocycles. The number of rotatable bonds is 4. The van der Waals surface area contributed by atoms with Crippen molar-refractivity contribution in [3.8, 4) is 0 Å². The summed E-state index contributed by atoms with van der Waals surface area (Å²) in [5, 5.41) is 10.9. The van der Waals surface area contributed by atoms with Gasteiger partial charge in [0.05, 0.1) is 18.6 Å². The predicted octanol–water partition coefficient (Wildman–Crippen LogP) is 3.67. The Balaban J connectivity index is 1.75. The molecule has 2 rings (SSSR count). The molecule has 0 saturated heterocycles. The van der Waals surface area contributed by atoms with Crippen molar-refractivity contribution in [2.45, 2.75) is 38.4 Å². The van der Waals surface area contributed by atoms with E-state index in [1.807, 2.05) is 11.4 Å². The molecule has 17 heavy (non-hydrogen) atoms. The summed E-state index contributed by atoms with van der Waals surface area (Å²) in [5.74, 6) is -0.826. The summed E-state index contributed by atoms with van der Waals surface area (Å²) in [6.45, 7) is 0.626. The Kier molecular flexibility index (Phi) is 4.59. The lowest BCUT2D eigenvalue weighted by molar-refractivity contribution is -0.143. The smallest absolute Gasteiger partial charge is 0.306 e. The molecule has 0 aliphatic heterocycles. The van der Waals surface area contributed by atoms with Crippen molar-refractivity contribution in [3.05, 3.63) is 20.8 Å². The molecule has 0 aromatic carbocycles. The van der Waals surface area contributed by atoms with Gasteiger partial charge >= 0.3 is 5.97 Å². The van der Waals surface area contributed by atoms with Gasteiger partial charge in [-0.1, -0.05) is 0 Å². The molecule has 5 heteroatoms. The van der Waals surface area contributed by atoms with Crippen molar-refractivity contribution < 1.29 is 14.6 Å². The molecule has 0 spiro atoms. The van der Waals surface area contributed by atoms with Gasteiger partial charge in [-0.3, -0.25) is 4.79 Å². The maximum Gasteiger partial charge on any atom is 0.306 e. The van der Waals surface area contributed by atoms with Gasteiger partial charge in [0.1, 0.15) is 0 Å². The van der Waals surface area contributed by atoms with E-state index >= 15 is 0 Å². The van der Waals surface area contributed by atoms with Crippen LogP contribution in [0.3, 0.4) is 0 Å². The highest BCUT2D eigenvalue weighted by Crippen LogP contribution is 2.29. The first-order valence-electron chi connectivity index (χ1n) is 5.73. The summed E-state index contributed by atoms with van der Waals surface area (Å²) >= 11 is 5.15. The Morgan fingerprint density at radius 2 is 2.18 bits per heavy atom. The van der Waals surface area contributed by atoms with Crippen LogP contribution in [0.1, 0.15) is 30.6 Å². The van der Waals surface area contributed by atoms with E-state index in [-0.39, 0.29) is 12.0 Å². The van der Waals surface area contributed by atoms with E-state index in [0.29, 0.717) is 6.61 Å². The quantitative estimate of drug-likeness (QED) is 0.921. The highest BCUT2D eigenvalue weighted by molar-refractivity contribution is 9.10. The number of aliphatic carboxylic acids is 1. The van der Waals surface area contributed by atoms with Crippen LogP contribution in [-0.2, 0) is 16.1 Å². The van der Waals surface area contributed by atoms with Crippen molar-refractivity contribution in [1.29, 1.82) is 0 Å². The first-order chi connectivity index (χ1) is 8.16. The van der Waals surface area contributed by atoms with E-state index in [0.717, 1.165) is 30.2 Å². The topological polar surface area (TPSA) is 46.5 Å². The normalized spacial score (nSPS) is 24.8. The third-order valence-electron chi connectivity index (χ3n) is 3.16. The van der Waals surface area contributed by atoms with Gasteiger partial charge in [-0.05, 0) is 53.1 Å². The van der Waals surface area contributed by atoms with Gasteiger partial charge in [-0.2, -0.15) is 0 Å². The number of hydrogen-bond donors (Lipinski definition) is 1. The Hall–Kier alpha value is -0.390. The molecule has 1 aromatic heterocycles. The fourth-order valence-corrected chi connectivity index (χ4v) is 3.49. The second-order valence-corrected chi connectivity index (χ2v) is 6.17. The summed E-state index contributed by atoms with van der Waals surface area (Å²) in [4.78, 5) is 12.0. The van der Waals surface area contributed by atoms with Gasteiger partial charge in [0.2, 0.25) is 0 Å². The SMILES string of the molecule is O=C(O)C1CCC(OCc2sccc2Br)CC1. The predicted molar refractivity (Wildman–Crippen MR) is 70.2 cm³/mol. The molecular weight excluding hydrogens is 304 g/mol. The van der Waals surface area contributed by atoms with Crippen LogP contribution in [0.2, 0.25) is 0 Å². The molecule has 94 valence electrons. The molecule has 1 saturated carbocycles. The van der Waals surface area contributed by atoms with Crippen LogP contribution in [0.5, 0.6) is 0 Å². The van der Waals surface area contributed by atoms with Crippen LogP contribution in [0.4, 0.5) is 0 Å². The van der Waals surface area contributed by atoms with Crippen LogP contribution >= 0.6 is 27.3 Å². The van der Waals surface area contributed by atoms with Crippen molar-refractivity contribution in [1.82, 2.24) is 0 Å². The van der Waals surface area contributed by atoms with E-state index < -0.39 is 5.97 Å². The number of halogens is 1. The maximum absolute atomic E-state index is 10.8. The molecule has 1 aliphatic carbocycles. The minimum absolute atomic E-state index is 0.164. The molecule has 1 N–H and O–H groups in total. The Morgan fingerprint density at radius 3 is 2.71 bits per heavy atom. The minimum atomic E-state index is -0.663. The monoisotopic (exact) mass is 318 g/mol. The molecule has 0 radical (unpaired) electrons. The van der Waals surface area contributed by atoms with Gasteiger partial charge in [0.25, 0.3) is 0 Å². The number of carboxylic acid groups (broad SMARTS) is 1.